The van der Waals surface area contributed by atoms with Gasteiger partial charge < -0.3 is 25.0 Å². The van der Waals surface area contributed by atoms with E-state index in [-0.39, 0.29) is 30.1 Å². The number of aliphatic imine (C=N–C) groups is 1. The fourth-order valence-electron chi connectivity index (χ4n) is 2.83. The number of hydrogen-bond donors (Lipinski definition) is 3. The number of carbonyl (C=O) groups is 3. The predicted molar refractivity (Wildman–Crippen MR) is 122 cm³/mol. The number of rotatable bonds is 10. The zero-order valence-electron chi connectivity index (χ0n) is 18.4. The van der Waals surface area contributed by atoms with Crippen molar-refractivity contribution < 1.29 is 34.1 Å². The number of phenolic OH excluding ortho intramolecular Hbond substituents is 1. The van der Waals surface area contributed by atoms with Gasteiger partial charge in [-0.15, -0.1) is 0 Å². The summed E-state index contributed by atoms with van der Waals surface area (Å²) < 4.78 is 9.71. The van der Waals surface area contributed by atoms with Gasteiger partial charge in [-0.05, 0) is 24.6 Å². The Bertz CT molecular complexity index is 1010. The third-order valence-electron chi connectivity index (χ3n) is 4.45. The fourth-order valence-corrected chi connectivity index (χ4v) is 2.83. The monoisotopic (exact) mass is 454 g/mol. The molecule has 2 aromatic rings. The van der Waals surface area contributed by atoms with Crippen molar-refractivity contribution in [2.45, 2.75) is 19.4 Å². The summed E-state index contributed by atoms with van der Waals surface area (Å²) in [5.41, 5.74) is 0.882. The number of nitrogens with zero attached hydrogens (tertiary/aromatic N) is 1. The number of ether oxygens (including phenoxy) is 2. The molecule has 2 rings (SSSR count). The summed E-state index contributed by atoms with van der Waals surface area (Å²) in [6.45, 7) is 1.31. The van der Waals surface area contributed by atoms with Crippen molar-refractivity contribution in [3.05, 3.63) is 71.3 Å². The van der Waals surface area contributed by atoms with E-state index < -0.39 is 30.4 Å². The first-order valence-electron chi connectivity index (χ1n) is 10.2. The fraction of sp³-hybridized carbons (Fsp3) is 0.250. The van der Waals surface area contributed by atoms with E-state index in [9.17, 15) is 24.6 Å². The SMILES string of the molecule is CCOC(=O)/C(C=NCC(=O)N[C@@H](Cc1ccc(O)cc1)C(=O)OC)=C(\O)c1ccccc1. The van der Waals surface area contributed by atoms with E-state index in [0.29, 0.717) is 11.1 Å². The van der Waals surface area contributed by atoms with Crippen LogP contribution in [0.3, 0.4) is 0 Å². The Hall–Kier alpha value is -4.14. The van der Waals surface area contributed by atoms with Crippen LogP contribution in [0, 0.1) is 0 Å². The molecule has 0 aliphatic heterocycles. The average molecular weight is 454 g/mol. The van der Waals surface area contributed by atoms with E-state index in [1.165, 1.54) is 19.2 Å². The number of nitrogens with one attached hydrogen (secondary N) is 1. The highest BCUT2D eigenvalue weighted by Gasteiger charge is 2.22. The molecule has 0 spiro atoms. The van der Waals surface area contributed by atoms with Crippen molar-refractivity contribution >= 4 is 29.8 Å². The molecule has 174 valence electrons. The molecule has 0 radical (unpaired) electrons. The molecule has 1 atom stereocenters. The molecular weight excluding hydrogens is 428 g/mol. The molecule has 0 fully saturated rings. The second kappa shape index (κ2) is 12.7. The Labute approximate surface area is 191 Å². The quantitative estimate of drug-likeness (QED) is 0.217. The molecule has 0 aromatic heterocycles. The largest absolute Gasteiger partial charge is 0.508 e. The summed E-state index contributed by atoms with van der Waals surface area (Å²) in [5.74, 6) is -2.28. The van der Waals surface area contributed by atoms with Crippen LogP contribution in [-0.2, 0) is 30.3 Å². The number of benzene rings is 2. The Kier molecular flexibility index (Phi) is 9.63. The average Bonchev–Trinajstić information content (AvgIpc) is 2.82. The van der Waals surface area contributed by atoms with Crippen LogP contribution in [0.2, 0.25) is 0 Å². The zero-order valence-corrected chi connectivity index (χ0v) is 18.4. The smallest absolute Gasteiger partial charge is 0.343 e. The molecule has 9 heteroatoms. The van der Waals surface area contributed by atoms with Crippen molar-refractivity contribution in [3.8, 4) is 5.75 Å². The number of carbonyl (C=O) groups excluding carboxylic acids is 3. The van der Waals surface area contributed by atoms with Crippen molar-refractivity contribution in [3.63, 3.8) is 0 Å². The first kappa shape index (κ1) is 25.1. The molecule has 9 nitrogen and oxygen atoms in total. The minimum Gasteiger partial charge on any atom is -0.508 e. The van der Waals surface area contributed by atoms with Gasteiger partial charge in [-0.3, -0.25) is 9.79 Å². The van der Waals surface area contributed by atoms with Gasteiger partial charge in [0.2, 0.25) is 5.91 Å². The van der Waals surface area contributed by atoms with Crippen LogP contribution in [0.15, 0.2) is 65.2 Å². The van der Waals surface area contributed by atoms with E-state index in [1.54, 1.807) is 49.4 Å². The second-order valence-corrected chi connectivity index (χ2v) is 6.83. The molecule has 0 saturated heterocycles. The minimum atomic E-state index is -0.972. The number of aromatic hydroxyl groups is 1. The maximum atomic E-state index is 12.4. The standard InChI is InChI=1S/C24H26N2O7/c1-3-33-23(30)19(22(29)17-7-5-4-6-8-17)14-25-15-21(28)26-20(24(31)32-2)13-16-9-11-18(27)12-10-16/h4-12,14,20,27,29H,3,13,15H2,1-2H3,(H,26,28)/b22-19-,25-14?/t20-/m0/s1. The minimum absolute atomic E-state index is 0.0796. The zero-order chi connectivity index (χ0) is 24.2. The van der Waals surface area contributed by atoms with Gasteiger partial charge in [-0.2, -0.15) is 0 Å². The molecule has 0 aliphatic rings. The number of phenols is 1. The topological polar surface area (TPSA) is 135 Å². The Balaban J connectivity index is 2.12. The molecule has 0 saturated carbocycles. The van der Waals surface area contributed by atoms with Gasteiger partial charge >= 0.3 is 11.9 Å². The second-order valence-electron chi connectivity index (χ2n) is 6.83. The maximum absolute atomic E-state index is 12.4. The Morgan fingerprint density at radius 1 is 1.09 bits per heavy atom. The van der Waals surface area contributed by atoms with E-state index in [0.717, 1.165) is 6.21 Å². The highest BCUT2D eigenvalue weighted by atomic mass is 16.5. The number of aliphatic hydroxyl groups excluding tert-OH is 1. The van der Waals surface area contributed by atoms with E-state index in [2.05, 4.69) is 10.3 Å². The van der Waals surface area contributed by atoms with Crippen LogP contribution in [0.1, 0.15) is 18.1 Å². The van der Waals surface area contributed by atoms with Gasteiger partial charge in [0.25, 0.3) is 0 Å². The molecule has 2 aromatic carbocycles. The summed E-state index contributed by atoms with van der Waals surface area (Å²) in [6.07, 6.45) is 1.21. The lowest BCUT2D eigenvalue weighted by molar-refractivity contribution is -0.144. The van der Waals surface area contributed by atoms with Crippen LogP contribution in [0.25, 0.3) is 5.76 Å². The van der Waals surface area contributed by atoms with Crippen molar-refractivity contribution in [1.29, 1.82) is 0 Å². The summed E-state index contributed by atoms with van der Waals surface area (Å²) >= 11 is 0. The molecule has 0 unspecified atom stereocenters. The van der Waals surface area contributed by atoms with Crippen LogP contribution in [-0.4, -0.2) is 60.6 Å². The Morgan fingerprint density at radius 3 is 2.36 bits per heavy atom. The Morgan fingerprint density at radius 2 is 1.76 bits per heavy atom. The highest BCUT2D eigenvalue weighted by molar-refractivity contribution is 6.15. The molecule has 0 aliphatic carbocycles. The number of hydrogen-bond acceptors (Lipinski definition) is 8. The van der Waals surface area contributed by atoms with Gasteiger partial charge in [0.05, 0.1) is 13.7 Å². The third kappa shape index (κ3) is 7.80. The van der Waals surface area contributed by atoms with E-state index in [4.69, 9.17) is 9.47 Å². The summed E-state index contributed by atoms with van der Waals surface area (Å²) in [6, 6.07) is 13.6. The molecule has 3 N–H and O–H groups in total. The molecule has 33 heavy (non-hydrogen) atoms. The van der Waals surface area contributed by atoms with Gasteiger partial charge in [-0.1, -0.05) is 42.5 Å². The lowest BCUT2D eigenvalue weighted by Crippen LogP contribution is -2.44. The normalized spacial score (nSPS) is 12.5. The van der Waals surface area contributed by atoms with Gasteiger partial charge in [-0.25, -0.2) is 9.59 Å². The maximum Gasteiger partial charge on any atom is 0.343 e. The van der Waals surface area contributed by atoms with E-state index >= 15 is 0 Å². The first-order chi connectivity index (χ1) is 15.8. The molecular formula is C24H26N2O7. The first-order valence-corrected chi connectivity index (χ1v) is 10.2. The molecule has 0 heterocycles. The number of amides is 1. The van der Waals surface area contributed by atoms with Crippen LogP contribution in [0.5, 0.6) is 5.75 Å². The lowest BCUT2D eigenvalue weighted by Gasteiger charge is -2.16. The molecule has 1 amide bonds. The predicted octanol–water partition coefficient (Wildman–Crippen LogP) is 2.20. The summed E-state index contributed by atoms with van der Waals surface area (Å²) in [5, 5.41) is 22.4. The van der Waals surface area contributed by atoms with Crippen molar-refractivity contribution in [2.24, 2.45) is 4.99 Å². The summed E-state index contributed by atoms with van der Waals surface area (Å²) in [7, 11) is 1.21. The van der Waals surface area contributed by atoms with Crippen LogP contribution >= 0.6 is 0 Å². The van der Waals surface area contributed by atoms with E-state index in [1.807, 2.05) is 0 Å². The summed E-state index contributed by atoms with van der Waals surface area (Å²) in [4.78, 5) is 40.6. The van der Waals surface area contributed by atoms with Gasteiger partial charge in [0.1, 0.15) is 29.7 Å². The highest BCUT2D eigenvalue weighted by Crippen LogP contribution is 2.16. The third-order valence-corrected chi connectivity index (χ3v) is 4.45. The van der Waals surface area contributed by atoms with Crippen LogP contribution < -0.4 is 5.32 Å². The lowest BCUT2D eigenvalue weighted by atomic mass is 10.1. The number of esters is 2. The number of methoxy groups -OCH3 is 1. The van der Waals surface area contributed by atoms with Crippen molar-refractivity contribution in [1.82, 2.24) is 5.32 Å². The van der Waals surface area contributed by atoms with Crippen molar-refractivity contribution in [2.75, 3.05) is 20.3 Å². The molecule has 0 bridgehead atoms. The number of aliphatic hydroxyl groups is 1. The van der Waals surface area contributed by atoms with Gasteiger partial charge in [0.15, 0.2) is 0 Å². The van der Waals surface area contributed by atoms with Crippen LogP contribution in [0.4, 0.5) is 0 Å². The van der Waals surface area contributed by atoms with Gasteiger partial charge in [0, 0.05) is 18.2 Å².